The third-order valence-corrected chi connectivity index (χ3v) is 17.3. The highest BCUT2D eigenvalue weighted by molar-refractivity contribution is 8.08. The average molecular weight is 925 g/mol. The Balaban J connectivity index is 1.04. The quantitative estimate of drug-likeness (QED) is 0.179. The van der Waals surface area contributed by atoms with Crippen LogP contribution < -0.4 is 16.2 Å². The molecule has 3 aromatic heterocycles. The Morgan fingerprint density at radius 1 is 0.614 bits per heavy atom. The van der Waals surface area contributed by atoms with Crippen LogP contribution in [0.5, 0.6) is 0 Å². The Morgan fingerprint density at radius 2 is 1.30 bits per heavy atom. The van der Waals surface area contributed by atoms with Gasteiger partial charge in [0.1, 0.15) is 22.3 Å². The molecule has 14 rings (SSSR count). The van der Waals surface area contributed by atoms with Gasteiger partial charge in [-0.2, -0.15) is 0 Å². The molecule has 0 saturated carbocycles. The minimum atomic E-state index is 0.0480. The number of allylic oxidation sites excluding steroid dienone is 2. The highest BCUT2D eigenvalue weighted by atomic mass is 32.2. The van der Waals surface area contributed by atoms with Crippen LogP contribution in [0.15, 0.2) is 166 Å². The SMILES string of the molecule is C=C1C=C(c2ccccc2)Sc2cc3c(cc21)Bc1c(-c2cc4c(cc2Nc2ccc(C(C)(C)C)cc2)oc2cc5c(cc24)C(C)(C)CCC5(C)C)ccc2c4cc5c(cc4n-3c12)oc1ccccc15. The Labute approximate surface area is 413 Å². The predicted octanol–water partition coefficient (Wildman–Crippen LogP) is 16.5. The van der Waals surface area contributed by atoms with Crippen LogP contribution in [0.1, 0.15) is 89.1 Å². The second-order valence-electron chi connectivity index (χ2n) is 22.6. The Kier molecular flexibility index (Phi) is 8.63. The van der Waals surface area contributed by atoms with E-state index in [4.69, 9.17) is 8.83 Å². The first-order chi connectivity index (χ1) is 33.7. The number of aromatic nitrogens is 1. The lowest BCUT2D eigenvalue weighted by Crippen LogP contribution is -2.37. The van der Waals surface area contributed by atoms with Crippen LogP contribution in [-0.2, 0) is 16.2 Å². The van der Waals surface area contributed by atoms with Crippen LogP contribution in [0.2, 0.25) is 0 Å². The largest absolute Gasteiger partial charge is 0.456 e. The maximum atomic E-state index is 6.95. The zero-order chi connectivity index (χ0) is 47.6. The highest BCUT2D eigenvalue weighted by Crippen LogP contribution is 2.50. The van der Waals surface area contributed by atoms with Crippen molar-refractivity contribution < 1.29 is 8.83 Å². The van der Waals surface area contributed by atoms with E-state index in [-0.39, 0.29) is 16.2 Å². The lowest BCUT2D eigenvalue weighted by Gasteiger charge is -2.41. The van der Waals surface area contributed by atoms with Crippen LogP contribution in [0.4, 0.5) is 11.4 Å². The Morgan fingerprint density at radius 3 is 2.09 bits per heavy atom. The molecule has 1 N–H and O–H groups in total. The molecule has 340 valence electrons. The van der Waals surface area contributed by atoms with Crippen molar-refractivity contribution in [1.82, 2.24) is 4.57 Å². The molecule has 6 heteroatoms. The molecular weight excluding hydrogens is 872 g/mol. The number of rotatable bonds is 4. The van der Waals surface area contributed by atoms with Gasteiger partial charge < -0.3 is 18.7 Å². The molecule has 0 radical (unpaired) electrons. The predicted molar refractivity (Wildman–Crippen MR) is 300 cm³/mol. The van der Waals surface area contributed by atoms with Crippen molar-refractivity contribution in [3.63, 3.8) is 0 Å². The van der Waals surface area contributed by atoms with Gasteiger partial charge in [-0.15, -0.1) is 0 Å². The molecule has 5 heterocycles. The van der Waals surface area contributed by atoms with E-state index in [0.29, 0.717) is 0 Å². The molecular formula is C64H53BN2O2S. The van der Waals surface area contributed by atoms with E-state index in [2.05, 4.69) is 211 Å². The van der Waals surface area contributed by atoms with Crippen molar-refractivity contribution in [2.24, 2.45) is 0 Å². The normalized spacial score (nSPS) is 15.9. The second-order valence-corrected chi connectivity index (χ2v) is 23.6. The van der Waals surface area contributed by atoms with Crippen molar-refractivity contribution in [2.45, 2.75) is 82.4 Å². The number of nitrogens with zero attached hydrogens (tertiary/aromatic N) is 1. The van der Waals surface area contributed by atoms with Crippen molar-refractivity contribution in [3.8, 4) is 16.8 Å². The zero-order valence-corrected chi connectivity index (χ0v) is 41.7. The van der Waals surface area contributed by atoms with E-state index in [0.717, 1.165) is 86.6 Å². The fourth-order valence-electron chi connectivity index (χ4n) is 12.1. The van der Waals surface area contributed by atoms with Crippen molar-refractivity contribution in [1.29, 1.82) is 0 Å². The monoisotopic (exact) mass is 924 g/mol. The van der Waals surface area contributed by atoms with Gasteiger partial charge >= 0.3 is 0 Å². The minimum Gasteiger partial charge on any atom is -0.456 e. The third-order valence-electron chi connectivity index (χ3n) is 16.2. The van der Waals surface area contributed by atoms with E-state index in [9.17, 15) is 0 Å². The number of thioether (sulfide) groups is 1. The van der Waals surface area contributed by atoms with Crippen LogP contribution in [0, 0.1) is 0 Å². The average Bonchev–Trinajstić information content (AvgIpc) is 4.00. The standard InChI is InChI=1S/C64H53BN2O2S/c1-35-26-58(36-14-10-9-11-15-36)70-59-34-53-50(30-42(35)59)65-60-40(22-23-41-44-28-45-39-16-12-13-17-54(39)68-57(45)33-52(44)67(53)61(41)60)43-27-46-47-29-48-49(64(7,8)25-24-63(48,5)6)31-55(47)69-56(46)32-51(43)66-38-20-18-37(19-21-38)62(2,3)4/h9-23,26-34,65-66H,1,24-25H2,2-8H3. The molecule has 3 aliphatic rings. The fourth-order valence-corrected chi connectivity index (χ4v) is 13.3. The van der Waals surface area contributed by atoms with E-state index >= 15 is 0 Å². The summed E-state index contributed by atoms with van der Waals surface area (Å²) in [6.45, 7) is 21.1. The van der Waals surface area contributed by atoms with Crippen LogP contribution in [0.3, 0.4) is 0 Å². The van der Waals surface area contributed by atoms with E-state index < -0.39 is 0 Å². The maximum absolute atomic E-state index is 6.95. The molecule has 0 unspecified atom stereocenters. The molecule has 4 nitrogen and oxygen atoms in total. The number of furan rings is 2. The van der Waals surface area contributed by atoms with Gasteiger partial charge in [-0.1, -0.05) is 151 Å². The summed E-state index contributed by atoms with van der Waals surface area (Å²) in [5, 5.41) is 11.0. The highest BCUT2D eigenvalue weighted by Gasteiger charge is 2.38. The van der Waals surface area contributed by atoms with Crippen molar-refractivity contribution in [2.75, 3.05) is 5.32 Å². The molecule has 0 amide bonds. The van der Waals surface area contributed by atoms with Gasteiger partial charge in [-0.3, -0.25) is 0 Å². The molecule has 0 saturated heterocycles. The van der Waals surface area contributed by atoms with Gasteiger partial charge in [0.25, 0.3) is 0 Å². The Bertz CT molecular complexity index is 4140. The number of hydrogen-bond acceptors (Lipinski definition) is 4. The molecule has 1 aliphatic carbocycles. The van der Waals surface area contributed by atoms with Gasteiger partial charge in [0.2, 0.25) is 0 Å². The van der Waals surface area contributed by atoms with Crippen molar-refractivity contribution >= 4 is 118 Å². The van der Waals surface area contributed by atoms with Crippen LogP contribution in [0.25, 0.3) is 93.0 Å². The van der Waals surface area contributed by atoms with Gasteiger partial charge in [-0.25, -0.2) is 0 Å². The molecule has 2 aliphatic heterocycles. The first kappa shape index (κ1) is 41.8. The summed E-state index contributed by atoms with van der Waals surface area (Å²) < 4.78 is 16.1. The van der Waals surface area contributed by atoms with Gasteiger partial charge in [0.05, 0.1) is 11.2 Å². The smallest absolute Gasteiger partial charge is 0.198 e. The van der Waals surface area contributed by atoms with E-state index in [1.807, 2.05) is 11.8 Å². The first-order valence-corrected chi connectivity index (χ1v) is 25.6. The lowest BCUT2D eigenvalue weighted by atomic mass is 9.58. The fraction of sp³-hybridized carbons (Fsp3) is 0.188. The summed E-state index contributed by atoms with van der Waals surface area (Å²) in [5.74, 6) is 0. The Hall–Kier alpha value is -7.15. The molecule has 0 fully saturated rings. The number of nitrogens with one attached hydrogen (secondary N) is 1. The summed E-state index contributed by atoms with van der Waals surface area (Å²) >= 11 is 1.84. The summed E-state index contributed by atoms with van der Waals surface area (Å²) in [4.78, 5) is 2.44. The van der Waals surface area contributed by atoms with E-state index in [1.165, 1.54) is 81.5 Å². The first-order valence-electron chi connectivity index (χ1n) is 24.8. The van der Waals surface area contributed by atoms with Gasteiger partial charge in [0.15, 0.2) is 7.28 Å². The van der Waals surface area contributed by atoms with Gasteiger partial charge in [0, 0.05) is 76.7 Å². The summed E-state index contributed by atoms with van der Waals surface area (Å²) in [6, 6.07) is 51.8. The van der Waals surface area contributed by atoms with Gasteiger partial charge in [-0.05, 0) is 128 Å². The summed E-state index contributed by atoms with van der Waals surface area (Å²) in [5.41, 5.74) is 22.0. The van der Waals surface area contributed by atoms with Crippen LogP contribution >= 0.6 is 11.8 Å². The minimum absolute atomic E-state index is 0.0480. The van der Waals surface area contributed by atoms with Crippen LogP contribution in [-0.4, -0.2) is 11.8 Å². The topological polar surface area (TPSA) is 43.2 Å². The number of fused-ring (bicyclic) bond motifs is 13. The molecule has 8 aromatic carbocycles. The number of anilines is 2. The van der Waals surface area contributed by atoms with E-state index in [1.54, 1.807) is 0 Å². The summed E-state index contributed by atoms with van der Waals surface area (Å²) in [7, 11) is 0.762. The summed E-state index contributed by atoms with van der Waals surface area (Å²) in [6.07, 6.45) is 4.57. The molecule has 0 spiro atoms. The number of hydrogen-bond donors (Lipinski definition) is 1. The molecule has 70 heavy (non-hydrogen) atoms. The lowest BCUT2D eigenvalue weighted by molar-refractivity contribution is 0.332. The third kappa shape index (κ3) is 6.18. The molecule has 11 aromatic rings. The molecule has 0 atom stereocenters. The zero-order valence-electron chi connectivity index (χ0n) is 40.9. The second kappa shape index (κ2) is 14.5. The molecule has 0 bridgehead atoms. The van der Waals surface area contributed by atoms with Crippen molar-refractivity contribution in [3.05, 3.63) is 180 Å². The number of para-hydroxylation sites is 1. The maximum Gasteiger partial charge on any atom is 0.198 e. The number of benzene rings is 8.